The highest BCUT2D eigenvalue weighted by Gasteiger charge is 2.49. The van der Waals surface area contributed by atoms with Crippen LogP contribution >= 0.6 is 0 Å². The van der Waals surface area contributed by atoms with Gasteiger partial charge in [-0.3, -0.25) is 9.59 Å². The molecular formula is C21H26N6O2. The van der Waals surface area contributed by atoms with Crippen LogP contribution in [0.3, 0.4) is 0 Å². The first kappa shape index (κ1) is 18.1. The van der Waals surface area contributed by atoms with Crippen molar-refractivity contribution in [1.82, 2.24) is 25.0 Å². The number of carbonyl (C=O) groups excluding carboxylic acids is 2. The lowest BCUT2D eigenvalue weighted by atomic mass is 9.65. The molecule has 0 atom stereocenters. The molecule has 29 heavy (non-hydrogen) atoms. The van der Waals surface area contributed by atoms with E-state index in [1.807, 2.05) is 23.1 Å². The van der Waals surface area contributed by atoms with E-state index in [2.05, 4.69) is 21.5 Å². The van der Waals surface area contributed by atoms with Crippen molar-refractivity contribution in [2.24, 2.45) is 5.41 Å². The molecule has 2 amide bonds. The molecule has 3 N–H and O–H groups in total. The molecule has 1 aromatic heterocycles. The molecule has 3 aliphatic rings. The Hall–Kier alpha value is -2.90. The lowest BCUT2D eigenvalue weighted by Crippen LogP contribution is -2.52. The number of hydrogen-bond donors (Lipinski definition) is 2. The first-order valence-electron chi connectivity index (χ1n) is 10.3. The SMILES string of the molecule is Nc1ncn(CC(=O)N2CCC3(CC(NC(=O)c4cccc(C5CC5)c4)C3)C2)n1. The van der Waals surface area contributed by atoms with Crippen molar-refractivity contribution >= 4 is 17.8 Å². The van der Waals surface area contributed by atoms with Crippen LogP contribution in [0, 0.1) is 5.41 Å². The molecule has 1 saturated heterocycles. The Labute approximate surface area is 169 Å². The third kappa shape index (κ3) is 3.71. The van der Waals surface area contributed by atoms with E-state index < -0.39 is 0 Å². The largest absolute Gasteiger partial charge is 0.367 e. The van der Waals surface area contributed by atoms with Crippen LogP contribution < -0.4 is 11.1 Å². The number of hydrogen-bond acceptors (Lipinski definition) is 5. The molecule has 1 aromatic carbocycles. The molecule has 1 spiro atoms. The zero-order valence-electron chi connectivity index (χ0n) is 16.4. The summed E-state index contributed by atoms with van der Waals surface area (Å²) >= 11 is 0. The van der Waals surface area contributed by atoms with Crippen LogP contribution in [0.1, 0.15) is 53.9 Å². The van der Waals surface area contributed by atoms with Crippen molar-refractivity contribution < 1.29 is 9.59 Å². The van der Waals surface area contributed by atoms with Gasteiger partial charge in [-0.25, -0.2) is 9.67 Å². The van der Waals surface area contributed by atoms with E-state index in [0.29, 0.717) is 5.92 Å². The lowest BCUT2D eigenvalue weighted by Gasteiger charge is -2.45. The Morgan fingerprint density at radius 2 is 2.10 bits per heavy atom. The molecule has 2 aliphatic carbocycles. The van der Waals surface area contributed by atoms with Crippen molar-refractivity contribution in [3.63, 3.8) is 0 Å². The molecule has 2 saturated carbocycles. The predicted molar refractivity (Wildman–Crippen MR) is 107 cm³/mol. The van der Waals surface area contributed by atoms with E-state index >= 15 is 0 Å². The van der Waals surface area contributed by atoms with E-state index in [1.165, 1.54) is 29.4 Å². The van der Waals surface area contributed by atoms with Gasteiger partial charge in [-0.15, -0.1) is 5.10 Å². The van der Waals surface area contributed by atoms with Crippen LogP contribution in [0.15, 0.2) is 30.6 Å². The van der Waals surface area contributed by atoms with Crippen LogP contribution in [0.25, 0.3) is 0 Å². The van der Waals surface area contributed by atoms with Crippen molar-refractivity contribution in [2.75, 3.05) is 18.8 Å². The van der Waals surface area contributed by atoms with Crippen molar-refractivity contribution in [1.29, 1.82) is 0 Å². The first-order valence-corrected chi connectivity index (χ1v) is 10.3. The number of nitrogen functional groups attached to an aromatic ring is 1. The monoisotopic (exact) mass is 394 g/mol. The van der Waals surface area contributed by atoms with E-state index in [9.17, 15) is 9.59 Å². The van der Waals surface area contributed by atoms with Crippen molar-refractivity contribution in [3.05, 3.63) is 41.7 Å². The van der Waals surface area contributed by atoms with Gasteiger partial charge in [-0.2, -0.15) is 0 Å². The van der Waals surface area contributed by atoms with Gasteiger partial charge in [-0.05, 0) is 61.1 Å². The van der Waals surface area contributed by atoms with Gasteiger partial charge in [0, 0.05) is 24.7 Å². The molecule has 8 heteroatoms. The number of benzene rings is 1. The van der Waals surface area contributed by atoms with Crippen molar-refractivity contribution in [3.8, 4) is 0 Å². The lowest BCUT2D eigenvalue weighted by molar-refractivity contribution is -0.131. The quantitative estimate of drug-likeness (QED) is 0.800. The number of amides is 2. The molecule has 2 aromatic rings. The molecule has 0 radical (unpaired) electrons. The number of aromatic nitrogens is 3. The highest BCUT2D eigenvalue weighted by Crippen LogP contribution is 2.48. The summed E-state index contributed by atoms with van der Waals surface area (Å²) in [7, 11) is 0. The van der Waals surface area contributed by atoms with Crippen LogP contribution in [0.2, 0.25) is 0 Å². The van der Waals surface area contributed by atoms with E-state index in [-0.39, 0.29) is 35.8 Å². The Kier molecular flexibility index (Phi) is 4.29. The Bertz CT molecular complexity index is 944. The van der Waals surface area contributed by atoms with Crippen LogP contribution in [0.4, 0.5) is 5.95 Å². The third-order valence-corrected chi connectivity index (χ3v) is 6.53. The molecule has 8 nitrogen and oxygen atoms in total. The summed E-state index contributed by atoms with van der Waals surface area (Å²) < 4.78 is 1.47. The van der Waals surface area contributed by atoms with Crippen LogP contribution in [0.5, 0.6) is 0 Å². The van der Waals surface area contributed by atoms with Gasteiger partial charge >= 0.3 is 0 Å². The fourth-order valence-corrected chi connectivity index (χ4v) is 4.81. The first-order chi connectivity index (χ1) is 14.0. The number of anilines is 1. The zero-order valence-corrected chi connectivity index (χ0v) is 16.4. The topological polar surface area (TPSA) is 106 Å². The van der Waals surface area contributed by atoms with Gasteiger partial charge in [0.05, 0.1) is 0 Å². The minimum Gasteiger partial charge on any atom is -0.367 e. The second kappa shape index (κ2) is 6.86. The third-order valence-electron chi connectivity index (χ3n) is 6.53. The number of nitrogens with zero attached hydrogens (tertiary/aromatic N) is 4. The summed E-state index contributed by atoms with van der Waals surface area (Å²) in [5.41, 5.74) is 7.68. The second-order valence-corrected chi connectivity index (χ2v) is 8.84. The zero-order chi connectivity index (χ0) is 20.0. The molecule has 2 heterocycles. The summed E-state index contributed by atoms with van der Waals surface area (Å²) in [5, 5.41) is 7.15. The maximum Gasteiger partial charge on any atom is 0.251 e. The van der Waals surface area contributed by atoms with Crippen LogP contribution in [-0.2, 0) is 11.3 Å². The molecule has 1 aliphatic heterocycles. The maximum atomic E-state index is 12.6. The van der Waals surface area contributed by atoms with E-state index in [0.717, 1.165) is 37.9 Å². The Morgan fingerprint density at radius 1 is 1.28 bits per heavy atom. The number of rotatable bonds is 5. The summed E-state index contributed by atoms with van der Waals surface area (Å²) in [6.07, 6.45) is 6.79. The summed E-state index contributed by atoms with van der Waals surface area (Å²) in [6, 6.07) is 8.22. The van der Waals surface area contributed by atoms with Gasteiger partial charge in [0.15, 0.2) is 0 Å². The van der Waals surface area contributed by atoms with Gasteiger partial charge in [0.2, 0.25) is 11.9 Å². The molecular weight excluding hydrogens is 368 g/mol. The number of nitrogens with one attached hydrogen (secondary N) is 1. The summed E-state index contributed by atoms with van der Waals surface area (Å²) in [6.45, 7) is 1.67. The number of likely N-dealkylation sites (tertiary alicyclic amines) is 1. The Balaban J connectivity index is 1.12. The van der Waals surface area contributed by atoms with Gasteiger partial charge < -0.3 is 16.0 Å². The second-order valence-electron chi connectivity index (χ2n) is 8.84. The summed E-state index contributed by atoms with van der Waals surface area (Å²) in [4.78, 5) is 30.9. The fraction of sp³-hybridized carbons (Fsp3) is 0.524. The molecule has 5 rings (SSSR count). The Morgan fingerprint density at radius 3 is 2.83 bits per heavy atom. The predicted octanol–water partition coefficient (Wildman–Crippen LogP) is 1.55. The minimum absolute atomic E-state index is 0.0158. The minimum atomic E-state index is 0.0158. The number of nitrogens with two attached hydrogens (primary N) is 1. The fourth-order valence-electron chi connectivity index (χ4n) is 4.81. The highest BCUT2D eigenvalue weighted by atomic mass is 16.2. The van der Waals surface area contributed by atoms with Gasteiger partial charge in [-0.1, -0.05) is 12.1 Å². The number of carbonyl (C=O) groups is 2. The average Bonchev–Trinajstić information content (AvgIpc) is 3.32. The van der Waals surface area contributed by atoms with Crippen molar-refractivity contribution in [2.45, 2.75) is 50.6 Å². The maximum absolute atomic E-state index is 12.6. The molecule has 152 valence electrons. The normalized spacial score (nSPS) is 25.8. The molecule has 0 bridgehead atoms. The molecule has 3 fully saturated rings. The van der Waals surface area contributed by atoms with Crippen LogP contribution in [-0.4, -0.2) is 50.6 Å². The van der Waals surface area contributed by atoms with E-state index in [4.69, 9.17) is 5.73 Å². The summed E-state index contributed by atoms with van der Waals surface area (Å²) in [5.74, 6) is 0.875. The van der Waals surface area contributed by atoms with Gasteiger partial charge in [0.25, 0.3) is 5.91 Å². The smallest absolute Gasteiger partial charge is 0.251 e. The van der Waals surface area contributed by atoms with Gasteiger partial charge in [0.1, 0.15) is 12.9 Å². The van der Waals surface area contributed by atoms with E-state index in [1.54, 1.807) is 0 Å². The molecule has 0 unspecified atom stereocenters. The average molecular weight is 394 g/mol. The standard InChI is InChI=1S/C21H26N6O2/c22-20-23-13-27(25-20)11-18(28)26-7-6-21(12-26)9-17(10-21)24-19(29)16-3-1-2-15(8-16)14-4-5-14/h1-3,8,13-14,17H,4-7,9-12H2,(H2,22,25)(H,24,29). The highest BCUT2D eigenvalue weighted by molar-refractivity contribution is 5.94.